The van der Waals surface area contributed by atoms with Gasteiger partial charge in [-0.25, -0.2) is 4.98 Å². The van der Waals surface area contributed by atoms with E-state index in [-0.39, 0.29) is 11.8 Å². The van der Waals surface area contributed by atoms with Gasteiger partial charge in [0.05, 0.1) is 11.6 Å². The Morgan fingerprint density at radius 2 is 1.93 bits per heavy atom. The number of hydrogen-bond donors (Lipinski definition) is 2. The van der Waals surface area contributed by atoms with Crippen molar-refractivity contribution in [2.45, 2.75) is 26.3 Å². The van der Waals surface area contributed by atoms with Crippen molar-refractivity contribution in [3.8, 4) is 0 Å². The van der Waals surface area contributed by atoms with Gasteiger partial charge >= 0.3 is 0 Å². The van der Waals surface area contributed by atoms with Gasteiger partial charge in [0.15, 0.2) is 5.13 Å². The molecule has 29 heavy (non-hydrogen) atoms. The maximum atomic E-state index is 12.6. The standard InChI is InChI=1S/C23H26N4OS/c1-17-9-11-20(12-10-17)25-23-26-21(16-29-23)15-27-13-5-6-18(14-27)22(28)24-19-7-3-2-4-8-19/h2-4,7-12,16,18H,5-6,13-15H2,1H3,(H,24,28)(H,25,26). The molecule has 1 aliphatic rings. The molecule has 0 saturated carbocycles. The van der Waals surface area contributed by atoms with Gasteiger partial charge in [0.2, 0.25) is 5.91 Å². The molecule has 1 aliphatic heterocycles. The van der Waals surface area contributed by atoms with Gasteiger partial charge in [-0.2, -0.15) is 0 Å². The lowest BCUT2D eigenvalue weighted by molar-refractivity contribution is -0.121. The fourth-order valence-corrected chi connectivity index (χ4v) is 4.33. The number of nitrogens with one attached hydrogen (secondary N) is 2. The molecule has 1 fully saturated rings. The molecule has 0 aliphatic carbocycles. The minimum absolute atomic E-state index is 0.0211. The zero-order valence-corrected chi connectivity index (χ0v) is 17.4. The molecule has 3 aromatic rings. The number of para-hydroxylation sites is 1. The number of aryl methyl sites for hydroxylation is 1. The molecule has 0 radical (unpaired) electrons. The summed E-state index contributed by atoms with van der Waals surface area (Å²) in [4.78, 5) is 19.7. The van der Waals surface area contributed by atoms with Gasteiger partial charge in [-0.1, -0.05) is 35.9 Å². The molecule has 6 heteroatoms. The maximum Gasteiger partial charge on any atom is 0.228 e. The zero-order chi connectivity index (χ0) is 20.1. The van der Waals surface area contributed by atoms with Crippen molar-refractivity contribution in [1.29, 1.82) is 0 Å². The summed E-state index contributed by atoms with van der Waals surface area (Å²) < 4.78 is 0. The lowest BCUT2D eigenvalue weighted by atomic mass is 9.97. The number of rotatable bonds is 6. The SMILES string of the molecule is Cc1ccc(Nc2nc(CN3CCCC(C(=O)Nc4ccccc4)C3)cs2)cc1. The summed E-state index contributed by atoms with van der Waals surface area (Å²) in [7, 11) is 0. The predicted octanol–water partition coefficient (Wildman–Crippen LogP) is 5.05. The number of aromatic nitrogens is 1. The van der Waals surface area contributed by atoms with E-state index in [1.54, 1.807) is 11.3 Å². The molecule has 2 N–H and O–H groups in total. The number of nitrogens with zero attached hydrogens (tertiary/aromatic N) is 2. The van der Waals surface area contributed by atoms with Gasteiger partial charge in [0.1, 0.15) is 0 Å². The summed E-state index contributed by atoms with van der Waals surface area (Å²) in [5.41, 5.74) is 4.20. The predicted molar refractivity (Wildman–Crippen MR) is 120 cm³/mol. The molecule has 1 saturated heterocycles. The van der Waals surface area contributed by atoms with E-state index in [9.17, 15) is 4.79 Å². The van der Waals surface area contributed by atoms with Crippen LogP contribution in [-0.4, -0.2) is 28.9 Å². The van der Waals surface area contributed by atoms with Gasteiger partial charge in [0, 0.05) is 29.8 Å². The van der Waals surface area contributed by atoms with Crippen LogP contribution in [0, 0.1) is 12.8 Å². The maximum absolute atomic E-state index is 12.6. The van der Waals surface area contributed by atoms with Crippen LogP contribution >= 0.6 is 11.3 Å². The zero-order valence-electron chi connectivity index (χ0n) is 16.6. The molecule has 0 bridgehead atoms. The molecule has 5 nitrogen and oxygen atoms in total. The Morgan fingerprint density at radius 1 is 1.14 bits per heavy atom. The Morgan fingerprint density at radius 3 is 2.72 bits per heavy atom. The number of carbonyl (C=O) groups excluding carboxylic acids is 1. The minimum atomic E-state index is 0.0211. The Labute approximate surface area is 175 Å². The van der Waals surface area contributed by atoms with Crippen molar-refractivity contribution >= 4 is 33.8 Å². The first kappa shape index (κ1) is 19.6. The summed E-state index contributed by atoms with van der Waals surface area (Å²) in [6.07, 6.45) is 1.97. The van der Waals surface area contributed by atoms with E-state index >= 15 is 0 Å². The number of hydrogen-bond acceptors (Lipinski definition) is 5. The summed E-state index contributed by atoms with van der Waals surface area (Å²) in [5, 5.41) is 9.41. The first-order valence-electron chi connectivity index (χ1n) is 10.0. The van der Waals surface area contributed by atoms with E-state index in [1.807, 2.05) is 30.3 Å². The molecule has 2 aromatic carbocycles. The lowest BCUT2D eigenvalue weighted by Crippen LogP contribution is -2.40. The molecule has 1 aromatic heterocycles. The summed E-state index contributed by atoms with van der Waals surface area (Å²) >= 11 is 1.62. The lowest BCUT2D eigenvalue weighted by Gasteiger charge is -2.31. The third-order valence-electron chi connectivity index (χ3n) is 5.16. The Kier molecular flexibility index (Phi) is 6.22. The van der Waals surface area contributed by atoms with E-state index in [1.165, 1.54) is 5.56 Å². The number of carbonyl (C=O) groups is 1. The number of thiazole rings is 1. The fourth-order valence-electron chi connectivity index (χ4n) is 3.61. The first-order valence-corrected chi connectivity index (χ1v) is 10.9. The average molecular weight is 407 g/mol. The normalized spacial score (nSPS) is 17.1. The summed E-state index contributed by atoms with van der Waals surface area (Å²) in [6.45, 7) is 4.64. The van der Waals surface area contributed by atoms with E-state index < -0.39 is 0 Å². The monoisotopic (exact) mass is 406 g/mol. The topological polar surface area (TPSA) is 57.3 Å². The van der Waals surface area contributed by atoms with Crippen LogP contribution < -0.4 is 10.6 Å². The quantitative estimate of drug-likeness (QED) is 0.602. The second kappa shape index (κ2) is 9.20. The molecule has 2 heterocycles. The number of likely N-dealkylation sites (tertiary alicyclic amines) is 1. The second-order valence-corrected chi connectivity index (χ2v) is 8.42. The summed E-state index contributed by atoms with van der Waals surface area (Å²) in [6, 6.07) is 18.0. The number of anilines is 3. The van der Waals surface area contributed by atoms with E-state index in [0.29, 0.717) is 0 Å². The molecule has 1 unspecified atom stereocenters. The van der Waals surface area contributed by atoms with Crippen molar-refractivity contribution in [2.24, 2.45) is 5.92 Å². The smallest absolute Gasteiger partial charge is 0.228 e. The van der Waals surface area contributed by atoms with Gasteiger partial charge in [-0.15, -0.1) is 11.3 Å². The molecule has 150 valence electrons. The van der Waals surface area contributed by atoms with Gasteiger partial charge in [-0.3, -0.25) is 9.69 Å². The van der Waals surface area contributed by atoms with Crippen molar-refractivity contribution < 1.29 is 4.79 Å². The van der Waals surface area contributed by atoms with Crippen LogP contribution in [0.5, 0.6) is 0 Å². The van der Waals surface area contributed by atoms with Crippen molar-refractivity contribution in [3.63, 3.8) is 0 Å². The highest BCUT2D eigenvalue weighted by Gasteiger charge is 2.26. The van der Waals surface area contributed by atoms with Gasteiger partial charge < -0.3 is 10.6 Å². The summed E-state index contributed by atoms with van der Waals surface area (Å²) in [5.74, 6) is 0.133. The van der Waals surface area contributed by atoms with Crippen molar-refractivity contribution in [1.82, 2.24) is 9.88 Å². The highest BCUT2D eigenvalue weighted by atomic mass is 32.1. The minimum Gasteiger partial charge on any atom is -0.332 e. The van der Waals surface area contributed by atoms with Crippen LogP contribution in [0.4, 0.5) is 16.5 Å². The third kappa shape index (κ3) is 5.43. The molecule has 0 spiro atoms. The van der Waals surface area contributed by atoms with Crippen LogP contribution in [0.15, 0.2) is 60.0 Å². The van der Waals surface area contributed by atoms with Crippen LogP contribution in [0.1, 0.15) is 24.1 Å². The molecule has 1 amide bonds. The second-order valence-electron chi connectivity index (χ2n) is 7.56. The Balaban J connectivity index is 1.32. The van der Waals surface area contributed by atoms with Crippen LogP contribution in [0.25, 0.3) is 0 Å². The van der Waals surface area contributed by atoms with Crippen LogP contribution in [0.2, 0.25) is 0 Å². The Hall–Kier alpha value is -2.70. The third-order valence-corrected chi connectivity index (χ3v) is 5.96. The van der Waals surface area contributed by atoms with E-state index in [4.69, 9.17) is 4.98 Å². The fraction of sp³-hybridized carbons (Fsp3) is 0.304. The molecular weight excluding hydrogens is 380 g/mol. The van der Waals surface area contributed by atoms with E-state index in [0.717, 1.165) is 54.7 Å². The highest BCUT2D eigenvalue weighted by Crippen LogP contribution is 2.24. The van der Waals surface area contributed by atoms with Gasteiger partial charge in [0.25, 0.3) is 0 Å². The van der Waals surface area contributed by atoms with Crippen LogP contribution in [-0.2, 0) is 11.3 Å². The average Bonchev–Trinajstić information content (AvgIpc) is 3.17. The molecular formula is C23H26N4OS. The van der Waals surface area contributed by atoms with E-state index in [2.05, 4.69) is 52.1 Å². The largest absolute Gasteiger partial charge is 0.332 e. The van der Waals surface area contributed by atoms with Crippen molar-refractivity contribution in [3.05, 3.63) is 71.2 Å². The van der Waals surface area contributed by atoms with Crippen molar-refractivity contribution in [2.75, 3.05) is 23.7 Å². The highest BCUT2D eigenvalue weighted by molar-refractivity contribution is 7.13. The van der Waals surface area contributed by atoms with Gasteiger partial charge in [-0.05, 0) is 50.6 Å². The van der Waals surface area contributed by atoms with Crippen LogP contribution in [0.3, 0.4) is 0 Å². The number of piperidine rings is 1. The molecule has 1 atom stereocenters. The Bertz CT molecular complexity index is 939. The molecule has 4 rings (SSSR count). The first-order chi connectivity index (χ1) is 14.2. The number of amides is 1. The number of benzene rings is 2.